The van der Waals surface area contributed by atoms with E-state index in [9.17, 15) is 9.59 Å². The van der Waals surface area contributed by atoms with Crippen molar-refractivity contribution < 1.29 is 23.8 Å². The van der Waals surface area contributed by atoms with E-state index in [-0.39, 0.29) is 24.4 Å². The largest absolute Gasteiger partial charge is 0.497 e. The molecule has 0 radical (unpaired) electrons. The van der Waals surface area contributed by atoms with Gasteiger partial charge in [0.15, 0.2) is 15.8 Å². The minimum atomic E-state index is -0.317. The monoisotopic (exact) mass is 444 g/mol. The molecule has 1 aliphatic heterocycles. The van der Waals surface area contributed by atoms with Gasteiger partial charge in [-0.3, -0.25) is 14.9 Å². The number of anilines is 2. The fourth-order valence-corrected chi connectivity index (χ4v) is 4.10. The third-order valence-electron chi connectivity index (χ3n) is 3.94. The number of carbonyl (C=O) groups is 2. The molecule has 2 N–H and O–H groups in total. The third kappa shape index (κ3) is 4.81. The van der Waals surface area contributed by atoms with Gasteiger partial charge in [0.25, 0.3) is 5.91 Å². The van der Waals surface area contributed by atoms with Crippen LogP contribution in [0.25, 0.3) is 0 Å². The highest BCUT2D eigenvalue weighted by molar-refractivity contribution is 8.01. The molecule has 1 aromatic heterocycles. The molecule has 0 atom stereocenters. The summed E-state index contributed by atoms with van der Waals surface area (Å²) in [5.74, 6) is 1.47. The van der Waals surface area contributed by atoms with Crippen molar-refractivity contribution in [2.75, 3.05) is 30.3 Å². The smallest absolute Gasteiger partial charge is 0.257 e. The quantitative estimate of drug-likeness (QED) is 0.422. The fraction of sp³-hybridized carbons (Fsp3) is 0.158. The lowest BCUT2D eigenvalue weighted by molar-refractivity contribution is -0.113. The molecule has 0 spiro atoms. The SMILES string of the molecule is COc1cccc(C(=O)Nc2nnc(SCC(=O)Nc3ccc4c(c3)OCO4)s2)c1. The summed E-state index contributed by atoms with van der Waals surface area (Å²) in [6.07, 6.45) is 0. The van der Waals surface area contributed by atoms with Gasteiger partial charge in [-0.1, -0.05) is 29.2 Å². The zero-order chi connectivity index (χ0) is 20.9. The van der Waals surface area contributed by atoms with Crippen LogP contribution in [0.1, 0.15) is 10.4 Å². The van der Waals surface area contributed by atoms with Crippen molar-refractivity contribution in [3.05, 3.63) is 48.0 Å². The van der Waals surface area contributed by atoms with Crippen LogP contribution in [-0.4, -0.2) is 41.7 Å². The Balaban J connectivity index is 1.29. The van der Waals surface area contributed by atoms with Gasteiger partial charge in [-0.2, -0.15) is 0 Å². The highest BCUT2D eigenvalue weighted by atomic mass is 32.2. The molecule has 0 aliphatic carbocycles. The maximum absolute atomic E-state index is 12.3. The molecule has 1 aliphatic rings. The van der Waals surface area contributed by atoms with Crippen LogP contribution in [-0.2, 0) is 4.79 Å². The summed E-state index contributed by atoms with van der Waals surface area (Å²) in [6, 6.07) is 12.0. The number of methoxy groups -OCH3 is 1. The summed E-state index contributed by atoms with van der Waals surface area (Å²) in [7, 11) is 1.54. The van der Waals surface area contributed by atoms with Crippen LogP contribution in [0.2, 0.25) is 0 Å². The van der Waals surface area contributed by atoms with Crippen LogP contribution in [0, 0.1) is 0 Å². The van der Waals surface area contributed by atoms with Gasteiger partial charge in [-0.15, -0.1) is 10.2 Å². The Hall–Kier alpha value is -3.31. The van der Waals surface area contributed by atoms with E-state index in [2.05, 4.69) is 20.8 Å². The number of nitrogens with one attached hydrogen (secondary N) is 2. The number of amides is 2. The molecule has 0 unspecified atom stereocenters. The van der Waals surface area contributed by atoms with Gasteiger partial charge in [0.2, 0.25) is 17.8 Å². The maximum Gasteiger partial charge on any atom is 0.257 e. The van der Waals surface area contributed by atoms with Gasteiger partial charge in [0.05, 0.1) is 12.9 Å². The van der Waals surface area contributed by atoms with E-state index < -0.39 is 0 Å². The molecule has 2 heterocycles. The van der Waals surface area contributed by atoms with Gasteiger partial charge in [-0.05, 0) is 30.3 Å². The first-order chi connectivity index (χ1) is 14.6. The summed E-state index contributed by atoms with van der Waals surface area (Å²) in [5.41, 5.74) is 1.07. The summed E-state index contributed by atoms with van der Waals surface area (Å²) >= 11 is 2.42. The number of hydrogen-bond donors (Lipinski definition) is 2. The fourth-order valence-electron chi connectivity index (χ4n) is 2.55. The summed E-state index contributed by atoms with van der Waals surface area (Å²) in [4.78, 5) is 24.5. The molecule has 0 saturated heterocycles. The molecule has 0 saturated carbocycles. The number of aromatic nitrogens is 2. The highest BCUT2D eigenvalue weighted by Crippen LogP contribution is 2.34. The zero-order valence-corrected chi connectivity index (χ0v) is 17.3. The van der Waals surface area contributed by atoms with Gasteiger partial charge in [-0.25, -0.2) is 0 Å². The van der Waals surface area contributed by atoms with Gasteiger partial charge in [0, 0.05) is 17.3 Å². The van der Waals surface area contributed by atoms with Gasteiger partial charge in [0.1, 0.15) is 5.75 Å². The number of ether oxygens (including phenoxy) is 3. The summed E-state index contributed by atoms with van der Waals surface area (Å²) in [6.45, 7) is 0.177. The van der Waals surface area contributed by atoms with Crippen molar-refractivity contribution >= 4 is 45.7 Å². The maximum atomic E-state index is 12.3. The molecule has 154 valence electrons. The van der Waals surface area contributed by atoms with E-state index in [0.29, 0.717) is 38.0 Å². The van der Waals surface area contributed by atoms with E-state index in [1.807, 2.05) is 0 Å². The average molecular weight is 444 g/mol. The molecular formula is C19H16N4O5S2. The number of hydrogen-bond acceptors (Lipinski definition) is 9. The second kappa shape index (κ2) is 9.01. The van der Waals surface area contributed by atoms with E-state index in [4.69, 9.17) is 14.2 Å². The lowest BCUT2D eigenvalue weighted by atomic mass is 10.2. The molecule has 2 aromatic carbocycles. The van der Waals surface area contributed by atoms with E-state index in [0.717, 1.165) is 0 Å². The first-order valence-corrected chi connectivity index (χ1v) is 10.5. The number of thioether (sulfide) groups is 1. The second-order valence-corrected chi connectivity index (χ2v) is 8.16. The van der Waals surface area contributed by atoms with Crippen LogP contribution >= 0.6 is 23.1 Å². The minimum absolute atomic E-state index is 0.146. The van der Waals surface area contributed by atoms with Crippen molar-refractivity contribution in [1.82, 2.24) is 10.2 Å². The number of benzene rings is 2. The van der Waals surface area contributed by atoms with Crippen molar-refractivity contribution in [3.63, 3.8) is 0 Å². The molecule has 0 fully saturated rings. The van der Waals surface area contributed by atoms with Crippen molar-refractivity contribution in [1.29, 1.82) is 0 Å². The standard InChI is InChI=1S/C19H16N4O5S2/c1-26-13-4-2-3-11(7-13)17(25)21-18-22-23-19(30-18)29-9-16(24)20-12-5-6-14-15(8-12)28-10-27-14/h2-8H,9-10H2,1H3,(H,20,24)(H,21,22,25). The van der Waals surface area contributed by atoms with Crippen LogP contribution in [0.15, 0.2) is 46.8 Å². The van der Waals surface area contributed by atoms with E-state index in [1.165, 1.54) is 30.2 Å². The third-order valence-corrected chi connectivity index (χ3v) is 5.91. The Morgan fingerprint density at radius 1 is 1.13 bits per heavy atom. The Kier molecular flexibility index (Phi) is 6.00. The molecule has 2 amide bonds. The van der Waals surface area contributed by atoms with Crippen LogP contribution < -0.4 is 24.8 Å². The van der Waals surface area contributed by atoms with Crippen molar-refractivity contribution in [2.24, 2.45) is 0 Å². The normalized spacial score (nSPS) is 11.8. The predicted octanol–water partition coefficient (Wildman–Crippen LogP) is 3.26. The Bertz CT molecular complexity index is 1090. The Morgan fingerprint density at radius 3 is 2.87 bits per heavy atom. The average Bonchev–Trinajstić information content (AvgIpc) is 3.41. The highest BCUT2D eigenvalue weighted by Gasteiger charge is 2.15. The topological polar surface area (TPSA) is 112 Å². The molecule has 11 heteroatoms. The van der Waals surface area contributed by atoms with Crippen LogP contribution in [0.4, 0.5) is 10.8 Å². The number of carbonyl (C=O) groups excluding carboxylic acids is 2. The summed E-state index contributed by atoms with van der Waals surface area (Å²) < 4.78 is 16.2. The van der Waals surface area contributed by atoms with Crippen LogP contribution in [0.5, 0.6) is 17.2 Å². The summed E-state index contributed by atoms with van der Waals surface area (Å²) in [5, 5.41) is 13.8. The Morgan fingerprint density at radius 2 is 2.00 bits per heavy atom. The Labute approximate surface area is 179 Å². The molecule has 9 nitrogen and oxygen atoms in total. The first-order valence-electron chi connectivity index (χ1n) is 8.72. The van der Waals surface area contributed by atoms with Gasteiger partial charge < -0.3 is 19.5 Å². The number of fused-ring (bicyclic) bond motifs is 1. The lowest BCUT2D eigenvalue weighted by Crippen LogP contribution is -2.13. The minimum Gasteiger partial charge on any atom is -0.497 e. The predicted molar refractivity (Wildman–Crippen MR) is 113 cm³/mol. The molecule has 30 heavy (non-hydrogen) atoms. The molecule has 0 bridgehead atoms. The second-order valence-electron chi connectivity index (χ2n) is 5.96. The molecular weight excluding hydrogens is 428 g/mol. The first kappa shape index (κ1) is 20.0. The van der Waals surface area contributed by atoms with E-state index in [1.54, 1.807) is 42.5 Å². The lowest BCUT2D eigenvalue weighted by Gasteiger charge is -2.05. The van der Waals surface area contributed by atoms with Crippen molar-refractivity contribution in [2.45, 2.75) is 4.34 Å². The van der Waals surface area contributed by atoms with Crippen LogP contribution in [0.3, 0.4) is 0 Å². The molecule has 4 rings (SSSR count). The van der Waals surface area contributed by atoms with E-state index >= 15 is 0 Å². The molecule has 3 aromatic rings. The number of nitrogens with zero attached hydrogens (tertiary/aromatic N) is 2. The number of rotatable bonds is 7. The van der Waals surface area contributed by atoms with Gasteiger partial charge >= 0.3 is 0 Å². The van der Waals surface area contributed by atoms with Crippen molar-refractivity contribution in [3.8, 4) is 17.2 Å². The zero-order valence-electron chi connectivity index (χ0n) is 15.7.